The molecule has 0 saturated carbocycles. The Balaban J connectivity index is 1.42. The molecule has 5 nitrogen and oxygen atoms in total. The zero-order valence-corrected chi connectivity index (χ0v) is 16.9. The van der Waals surface area contributed by atoms with Gasteiger partial charge in [-0.1, -0.05) is 43.7 Å². The number of benzene rings is 1. The van der Waals surface area contributed by atoms with Crippen LogP contribution in [-0.2, 0) is 4.79 Å². The third-order valence-corrected chi connectivity index (χ3v) is 5.73. The first-order valence-corrected chi connectivity index (χ1v) is 10.5. The molecular weight excluding hydrogens is 336 g/mol. The highest BCUT2D eigenvalue weighted by atomic mass is 16.2. The highest BCUT2D eigenvalue weighted by Crippen LogP contribution is 2.19. The third-order valence-electron chi connectivity index (χ3n) is 5.73. The zero-order chi connectivity index (χ0) is 19.1. The van der Waals surface area contributed by atoms with E-state index in [1.807, 2.05) is 18.2 Å². The van der Waals surface area contributed by atoms with E-state index >= 15 is 0 Å². The van der Waals surface area contributed by atoms with Gasteiger partial charge in [-0.2, -0.15) is 5.10 Å². The SMILES string of the molecule is CCCCN(C)CC1CCN(CC(=O)N2CCC(c3ccccc3)=N2)CC1. The van der Waals surface area contributed by atoms with Crippen LogP contribution in [0.1, 0.15) is 44.6 Å². The summed E-state index contributed by atoms with van der Waals surface area (Å²) < 4.78 is 0. The van der Waals surface area contributed by atoms with Crippen LogP contribution in [0.2, 0.25) is 0 Å². The van der Waals surface area contributed by atoms with Crippen LogP contribution in [0, 0.1) is 5.92 Å². The topological polar surface area (TPSA) is 39.1 Å². The number of likely N-dealkylation sites (tertiary alicyclic amines) is 1. The summed E-state index contributed by atoms with van der Waals surface area (Å²) in [6.07, 6.45) is 5.79. The number of rotatable bonds is 8. The summed E-state index contributed by atoms with van der Waals surface area (Å²) in [5.41, 5.74) is 2.15. The van der Waals surface area contributed by atoms with Crippen LogP contribution in [0.5, 0.6) is 0 Å². The van der Waals surface area contributed by atoms with Gasteiger partial charge in [-0.3, -0.25) is 9.69 Å². The molecule has 0 atom stereocenters. The smallest absolute Gasteiger partial charge is 0.256 e. The molecule has 1 aromatic carbocycles. The van der Waals surface area contributed by atoms with Crippen LogP contribution in [0.15, 0.2) is 35.4 Å². The molecule has 1 amide bonds. The van der Waals surface area contributed by atoms with Crippen molar-refractivity contribution in [2.45, 2.75) is 39.0 Å². The fourth-order valence-corrected chi connectivity index (χ4v) is 4.03. The first-order valence-electron chi connectivity index (χ1n) is 10.5. The van der Waals surface area contributed by atoms with Gasteiger partial charge in [0.15, 0.2) is 0 Å². The molecule has 27 heavy (non-hydrogen) atoms. The summed E-state index contributed by atoms with van der Waals surface area (Å²) in [5, 5.41) is 6.25. The molecule has 2 heterocycles. The van der Waals surface area contributed by atoms with Gasteiger partial charge < -0.3 is 4.90 Å². The number of amides is 1. The molecule has 5 heteroatoms. The Morgan fingerprint density at radius 1 is 1.19 bits per heavy atom. The Hall–Kier alpha value is -1.72. The van der Waals surface area contributed by atoms with Crippen molar-refractivity contribution >= 4 is 11.6 Å². The lowest BCUT2D eigenvalue weighted by molar-refractivity contribution is -0.132. The summed E-state index contributed by atoms with van der Waals surface area (Å²) in [7, 11) is 2.24. The van der Waals surface area contributed by atoms with Crippen molar-refractivity contribution < 1.29 is 4.79 Å². The van der Waals surface area contributed by atoms with Crippen molar-refractivity contribution in [2.24, 2.45) is 11.0 Å². The average Bonchev–Trinajstić information content (AvgIpc) is 3.19. The minimum atomic E-state index is 0.138. The first-order chi connectivity index (χ1) is 13.2. The summed E-state index contributed by atoms with van der Waals surface area (Å²) in [6, 6.07) is 10.2. The number of carbonyl (C=O) groups is 1. The number of hydrogen-bond donors (Lipinski definition) is 0. The monoisotopic (exact) mass is 370 g/mol. The Morgan fingerprint density at radius 2 is 1.93 bits per heavy atom. The molecule has 0 aliphatic carbocycles. The van der Waals surface area contributed by atoms with Crippen LogP contribution in [-0.4, -0.2) is 72.7 Å². The molecule has 2 aliphatic rings. The molecule has 0 bridgehead atoms. The molecule has 1 aromatic rings. The van der Waals surface area contributed by atoms with Crippen molar-refractivity contribution in [2.75, 3.05) is 46.3 Å². The van der Waals surface area contributed by atoms with Gasteiger partial charge in [0.05, 0.1) is 18.8 Å². The van der Waals surface area contributed by atoms with Gasteiger partial charge in [-0.05, 0) is 57.4 Å². The molecule has 0 unspecified atom stereocenters. The standard InChI is InChI=1S/C22H34N4O/c1-3-4-13-24(2)17-19-10-14-25(15-11-19)18-22(27)26-16-12-21(23-26)20-8-6-5-7-9-20/h5-9,19H,3-4,10-18H2,1-2H3. The Bertz CT molecular complexity index is 622. The maximum Gasteiger partial charge on any atom is 0.256 e. The summed E-state index contributed by atoms with van der Waals surface area (Å²) in [4.78, 5) is 17.4. The number of nitrogens with zero attached hydrogens (tertiary/aromatic N) is 4. The molecular formula is C22H34N4O. The second kappa shape index (κ2) is 10.00. The van der Waals surface area contributed by atoms with Gasteiger partial charge in [0, 0.05) is 13.0 Å². The lowest BCUT2D eigenvalue weighted by Crippen LogP contribution is -2.43. The molecule has 148 valence electrons. The third kappa shape index (κ3) is 5.88. The lowest BCUT2D eigenvalue weighted by Gasteiger charge is -2.33. The number of hydrogen-bond acceptors (Lipinski definition) is 4. The Kier molecular flexibility index (Phi) is 7.41. The van der Waals surface area contributed by atoms with Crippen LogP contribution in [0.4, 0.5) is 0 Å². The van der Waals surface area contributed by atoms with Crippen LogP contribution in [0.25, 0.3) is 0 Å². The molecule has 2 aliphatic heterocycles. The van der Waals surface area contributed by atoms with Crippen LogP contribution < -0.4 is 0 Å². The minimum absolute atomic E-state index is 0.138. The van der Waals surface area contributed by atoms with E-state index in [1.54, 1.807) is 5.01 Å². The highest BCUT2D eigenvalue weighted by Gasteiger charge is 2.26. The lowest BCUT2D eigenvalue weighted by atomic mass is 9.96. The second-order valence-electron chi connectivity index (χ2n) is 8.01. The summed E-state index contributed by atoms with van der Waals surface area (Å²) in [6.45, 7) is 7.91. The van der Waals surface area contributed by atoms with Gasteiger partial charge in [-0.25, -0.2) is 5.01 Å². The minimum Gasteiger partial charge on any atom is -0.306 e. The van der Waals surface area contributed by atoms with E-state index in [9.17, 15) is 4.79 Å². The molecule has 1 fully saturated rings. The van der Waals surface area contributed by atoms with E-state index in [2.05, 4.69) is 41.0 Å². The molecule has 1 saturated heterocycles. The largest absolute Gasteiger partial charge is 0.306 e. The quantitative estimate of drug-likeness (QED) is 0.706. The van der Waals surface area contributed by atoms with Crippen molar-refractivity contribution in [3.63, 3.8) is 0 Å². The van der Waals surface area contributed by atoms with Crippen LogP contribution >= 0.6 is 0 Å². The molecule has 0 radical (unpaired) electrons. The molecule has 0 spiro atoms. The summed E-state index contributed by atoms with van der Waals surface area (Å²) in [5.74, 6) is 0.909. The van der Waals surface area contributed by atoms with Gasteiger partial charge in [0.1, 0.15) is 0 Å². The number of carbonyl (C=O) groups excluding carboxylic acids is 1. The van der Waals surface area contributed by atoms with Crippen molar-refractivity contribution in [3.05, 3.63) is 35.9 Å². The van der Waals surface area contributed by atoms with Gasteiger partial charge >= 0.3 is 0 Å². The van der Waals surface area contributed by atoms with E-state index in [0.29, 0.717) is 13.1 Å². The molecule has 0 N–H and O–H groups in total. The van der Waals surface area contributed by atoms with E-state index in [0.717, 1.165) is 36.7 Å². The normalized spacial score (nSPS) is 18.9. The number of hydrazone groups is 1. The second-order valence-corrected chi connectivity index (χ2v) is 8.01. The van der Waals surface area contributed by atoms with E-state index < -0.39 is 0 Å². The Morgan fingerprint density at radius 3 is 2.63 bits per heavy atom. The van der Waals surface area contributed by atoms with Gasteiger partial charge in [-0.15, -0.1) is 0 Å². The van der Waals surface area contributed by atoms with Crippen molar-refractivity contribution in [1.82, 2.24) is 14.8 Å². The van der Waals surface area contributed by atoms with Crippen molar-refractivity contribution in [1.29, 1.82) is 0 Å². The predicted octanol–water partition coefficient (Wildman–Crippen LogP) is 3.07. The number of unbranched alkanes of at least 4 members (excludes halogenated alkanes) is 1. The Labute approximate surface area is 164 Å². The maximum atomic E-state index is 12.6. The van der Waals surface area contributed by atoms with Gasteiger partial charge in [0.25, 0.3) is 5.91 Å². The summed E-state index contributed by atoms with van der Waals surface area (Å²) >= 11 is 0. The van der Waals surface area contributed by atoms with E-state index in [1.165, 1.54) is 38.8 Å². The fraction of sp³-hybridized carbons (Fsp3) is 0.636. The zero-order valence-electron chi connectivity index (χ0n) is 16.9. The fourth-order valence-electron chi connectivity index (χ4n) is 4.03. The first kappa shape index (κ1) is 20.0. The maximum absolute atomic E-state index is 12.6. The van der Waals surface area contributed by atoms with Crippen molar-refractivity contribution in [3.8, 4) is 0 Å². The van der Waals surface area contributed by atoms with Crippen LogP contribution in [0.3, 0.4) is 0 Å². The molecule has 3 rings (SSSR count). The molecule has 0 aromatic heterocycles. The highest BCUT2D eigenvalue weighted by molar-refractivity contribution is 6.02. The number of piperidine rings is 1. The van der Waals surface area contributed by atoms with E-state index in [4.69, 9.17) is 0 Å². The average molecular weight is 371 g/mol. The van der Waals surface area contributed by atoms with Gasteiger partial charge in [0.2, 0.25) is 0 Å². The van der Waals surface area contributed by atoms with E-state index in [-0.39, 0.29) is 5.91 Å². The predicted molar refractivity (Wildman–Crippen MR) is 111 cm³/mol.